The molecule has 1 aliphatic rings. The molecule has 0 unspecified atom stereocenters. The Morgan fingerprint density at radius 2 is 1.67 bits per heavy atom. The molecule has 0 fully saturated rings. The van der Waals surface area contributed by atoms with Crippen molar-refractivity contribution in [3.63, 3.8) is 0 Å². The third-order valence-electron chi connectivity index (χ3n) is 6.00. The Labute approximate surface area is 196 Å². The Morgan fingerprint density at radius 1 is 1.06 bits per heavy atom. The van der Waals surface area contributed by atoms with E-state index in [1.165, 1.54) is 16.7 Å². The Morgan fingerprint density at radius 3 is 2.27 bits per heavy atom. The maximum Gasteiger partial charge on any atom is 0.252 e. The number of fused-ring (bicyclic) bond motifs is 1. The summed E-state index contributed by atoms with van der Waals surface area (Å²) in [5.41, 5.74) is 7.08. The van der Waals surface area contributed by atoms with Crippen molar-refractivity contribution in [2.45, 2.75) is 46.0 Å². The van der Waals surface area contributed by atoms with E-state index in [0.29, 0.717) is 17.6 Å². The van der Waals surface area contributed by atoms with Crippen LogP contribution in [0.5, 0.6) is 5.75 Å². The van der Waals surface area contributed by atoms with E-state index in [2.05, 4.69) is 44.9 Å². The largest absolute Gasteiger partial charge is 0.508 e. The number of H-pyrrole nitrogens is 1. The van der Waals surface area contributed by atoms with E-state index < -0.39 is 0 Å². The van der Waals surface area contributed by atoms with Crippen LogP contribution in [0.4, 0.5) is 5.95 Å². The van der Waals surface area contributed by atoms with E-state index in [4.69, 9.17) is 0 Å². The van der Waals surface area contributed by atoms with Gasteiger partial charge in [-0.05, 0) is 106 Å². The Hall–Kier alpha value is -3.12. The minimum atomic E-state index is -0.108. The maximum absolute atomic E-state index is 12.1. The van der Waals surface area contributed by atoms with Crippen LogP contribution in [0.25, 0.3) is 0 Å². The van der Waals surface area contributed by atoms with Crippen LogP contribution in [-0.2, 0) is 25.7 Å². The average molecular weight is 449 g/mol. The topological polar surface area (TPSA) is 90.0 Å². The number of nitrogens with one attached hydrogen (secondary N) is 3. The summed E-state index contributed by atoms with van der Waals surface area (Å²) in [5, 5.41) is 15.7. The fourth-order valence-electron chi connectivity index (χ4n) is 4.62. The molecule has 6 heteroatoms. The fraction of sp³-hybridized carbons (Fsp3) is 0.407. The minimum absolute atomic E-state index is 0.108. The molecular formula is C27H36N4O2. The summed E-state index contributed by atoms with van der Waals surface area (Å²) in [5.74, 6) is 1.37. The number of aromatic amines is 1. The second kappa shape index (κ2) is 11.7. The monoisotopic (exact) mass is 448 g/mol. The zero-order valence-electron chi connectivity index (χ0n) is 20.2. The molecule has 0 radical (unpaired) electrons. The molecule has 6 nitrogen and oxygen atoms in total. The summed E-state index contributed by atoms with van der Waals surface area (Å²) in [7, 11) is 3.75. The minimum Gasteiger partial charge on any atom is -0.508 e. The van der Waals surface area contributed by atoms with E-state index in [1.807, 2.05) is 27.9 Å². The zero-order chi connectivity index (χ0) is 23.8. The van der Waals surface area contributed by atoms with Gasteiger partial charge in [0, 0.05) is 12.6 Å². The Kier molecular flexibility index (Phi) is 8.66. The van der Waals surface area contributed by atoms with Crippen molar-refractivity contribution in [3.05, 3.63) is 86.3 Å². The lowest BCUT2D eigenvalue weighted by Crippen LogP contribution is -2.17. The highest BCUT2D eigenvalue weighted by atomic mass is 16.3. The lowest BCUT2D eigenvalue weighted by molar-refractivity contribution is 0.474. The molecule has 0 amide bonds. The highest BCUT2D eigenvalue weighted by molar-refractivity contribution is 5.40. The van der Waals surface area contributed by atoms with Crippen LogP contribution in [-0.4, -0.2) is 35.7 Å². The van der Waals surface area contributed by atoms with E-state index in [1.54, 1.807) is 18.2 Å². The normalized spacial score (nSPS) is 12.7. The van der Waals surface area contributed by atoms with Crippen molar-refractivity contribution in [1.82, 2.24) is 15.3 Å². The highest BCUT2D eigenvalue weighted by Crippen LogP contribution is 2.28. The van der Waals surface area contributed by atoms with Gasteiger partial charge in [-0.25, -0.2) is 4.98 Å². The second-order valence-corrected chi connectivity index (χ2v) is 8.92. The number of phenols is 1. The average Bonchev–Trinajstić information content (AvgIpc) is 3.15. The van der Waals surface area contributed by atoms with Gasteiger partial charge in [-0.1, -0.05) is 24.3 Å². The number of rotatable bonds is 7. The first-order valence-corrected chi connectivity index (χ1v) is 11.7. The van der Waals surface area contributed by atoms with Crippen molar-refractivity contribution in [2.24, 2.45) is 5.92 Å². The third-order valence-corrected chi connectivity index (χ3v) is 6.00. The highest BCUT2D eigenvalue weighted by Gasteiger charge is 2.21. The quantitative estimate of drug-likeness (QED) is 0.411. The van der Waals surface area contributed by atoms with Gasteiger partial charge in [-0.15, -0.1) is 0 Å². The molecule has 2 aromatic carbocycles. The summed E-state index contributed by atoms with van der Waals surface area (Å²) in [6, 6.07) is 13.8. The van der Waals surface area contributed by atoms with Gasteiger partial charge >= 0.3 is 0 Å². The number of hydrogen-bond acceptors (Lipinski definition) is 5. The summed E-state index contributed by atoms with van der Waals surface area (Å²) < 4.78 is 0. The molecule has 0 aliphatic heterocycles. The SMILES string of the molecule is CNC.Cc1cc(O)cc(C)c1CCCNc1nc(CC2Cc3ccccc3C2)cc(=O)[nH]1. The van der Waals surface area contributed by atoms with Crippen molar-refractivity contribution >= 4 is 5.95 Å². The molecule has 0 saturated carbocycles. The van der Waals surface area contributed by atoms with E-state index >= 15 is 0 Å². The maximum atomic E-state index is 12.1. The van der Waals surface area contributed by atoms with Crippen molar-refractivity contribution < 1.29 is 5.11 Å². The molecular weight excluding hydrogens is 412 g/mol. The molecule has 33 heavy (non-hydrogen) atoms. The number of phenolic OH excluding ortho intramolecular Hbond substituents is 1. The first-order chi connectivity index (χ1) is 15.9. The van der Waals surface area contributed by atoms with Crippen LogP contribution < -0.4 is 16.2 Å². The number of aromatic nitrogens is 2. The smallest absolute Gasteiger partial charge is 0.252 e. The molecule has 1 aromatic heterocycles. The Bertz CT molecular complexity index is 1080. The molecule has 0 bridgehead atoms. The van der Waals surface area contributed by atoms with Crippen LogP contribution in [0, 0.1) is 19.8 Å². The van der Waals surface area contributed by atoms with Gasteiger partial charge in [0.05, 0.1) is 5.69 Å². The molecule has 4 rings (SSSR count). The summed E-state index contributed by atoms with van der Waals surface area (Å²) in [4.78, 5) is 19.6. The van der Waals surface area contributed by atoms with Crippen molar-refractivity contribution in [1.29, 1.82) is 0 Å². The van der Waals surface area contributed by atoms with Crippen LogP contribution in [0.1, 0.15) is 39.9 Å². The van der Waals surface area contributed by atoms with Gasteiger partial charge in [0.15, 0.2) is 0 Å². The van der Waals surface area contributed by atoms with Crippen LogP contribution in [0.3, 0.4) is 0 Å². The predicted molar refractivity (Wildman–Crippen MR) is 135 cm³/mol. The van der Waals surface area contributed by atoms with Gasteiger partial charge in [0.25, 0.3) is 5.56 Å². The summed E-state index contributed by atoms with van der Waals surface area (Å²) in [6.45, 7) is 4.78. The molecule has 0 spiro atoms. The molecule has 0 atom stereocenters. The van der Waals surface area contributed by atoms with Gasteiger partial charge in [-0.2, -0.15) is 0 Å². The molecule has 3 aromatic rings. The van der Waals surface area contributed by atoms with Gasteiger partial charge < -0.3 is 15.7 Å². The van der Waals surface area contributed by atoms with Gasteiger partial charge in [0.1, 0.15) is 5.75 Å². The van der Waals surface area contributed by atoms with Gasteiger partial charge in [0.2, 0.25) is 5.95 Å². The summed E-state index contributed by atoms with van der Waals surface area (Å²) in [6.07, 6.45) is 4.75. The number of benzene rings is 2. The first kappa shape index (κ1) is 24.5. The van der Waals surface area contributed by atoms with E-state index in [-0.39, 0.29) is 5.56 Å². The van der Waals surface area contributed by atoms with Crippen molar-refractivity contribution in [3.8, 4) is 5.75 Å². The van der Waals surface area contributed by atoms with Crippen LogP contribution in [0.2, 0.25) is 0 Å². The number of aromatic hydroxyl groups is 1. The number of hydrogen-bond donors (Lipinski definition) is 4. The predicted octanol–water partition coefficient (Wildman–Crippen LogP) is 3.93. The first-order valence-electron chi connectivity index (χ1n) is 11.7. The molecule has 0 saturated heterocycles. The number of anilines is 1. The van der Waals surface area contributed by atoms with Gasteiger partial charge in [-0.3, -0.25) is 9.78 Å². The van der Waals surface area contributed by atoms with E-state index in [0.717, 1.165) is 55.5 Å². The Balaban J connectivity index is 0.000000968. The molecule has 1 aliphatic carbocycles. The zero-order valence-corrected chi connectivity index (χ0v) is 20.2. The van der Waals surface area contributed by atoms with Crippen LogP contribution in [0.15, 0.2) is 47.3 Å². The molecule has 4 N–H and O–H groups in total. The van der Waals surface area contributed by atoms with Crippen LogP contribution >= 0.6 is 0 Å². The standard InChI is InChI=1S/C25H29N3O2.C2H7N/c1-16-10-22(29)11-17(2)23(16)8-5-9-26-25-27-21(15-24(30)28-25)14-18-12-19-6-3-4-7-20(19)13-18;1-3-2/h3-4,6-7,10-11,15,18,29H,5,8-9,12-14H2,1-2H3,(H2,26,27,28,30);3H,1-2H3. The van der Waals surface area contributed by atoms with E-state index in [9.17, 15) is 9.90 Å². The lowest BCUT2D eigenvalue weighted by Gasteiger charge is -2.12. The third kappa shape index (κ3) is 6.93. The number of nitrogens with zero attached hydrogens (tertiary/aromatic N) is 1. The lowest BCUT2D eigenvalue weighted by atomic mass is 9.98. The fourth-order valence-corrected chi connectivity index (χ4v) is 4.62. The number of aryl methyl sites for hydroxylation is 2. The molecule has 176 valence electrons. The summed E-state index contributed by atoms with van der Waals surface area (Å²) >= 11 is 0. The molecule has 1 heterocycles. The second-order valence-electron chi connectivity index (χ2n) is 8.92. The van der Waals surface area contributed by atoms with Crippen molar-refractivity contribution in [2.75, 3.05) is 26.0 Å².